The van der Waals surface area contributed by atoms with E-state index in [4.69, 9.17) is 15.5 Å². The van der Waals surface area contributed by atoms with Gasteiger partial charge in [-0.2, -0.15) is 4.39 Å². The minimum absolute atomic E-state index is 0.0366. The Balaban J connectivity index is 1.51. The maximum atomic E-state index is 15.4. The minimum Gasteiger partial charge on any atom is -0.489 e. The Morgan fingerprint density at radius 1 is 1.17 bits per heavy atom. The Morgan fingerprint density at radius 2 is 1.88 bits per heavy atom. The van der Waals surface area contributed by atoms with Crippen LogP contribution < -0.4 is 15.8 Å². The van der Waals surface area contributed by atoms with Crippen LogP contribution >= 0.6 is 0 Å². The van der Waals surface area contributed by atoms with E-state index in [-0.39, 0.29) is 18.4 Å². The van der Waals surface area contributed by atoms with Crippen molar-refractivity contribution in [2.45, 2.75) is 84.4 Å². The lowest BCUT2D eigenvalue weighted by Gasteiger charge is -2.28. The first-order chi connectivity index (χ1) is 19.5. The van der Waals surface area contributed by atoms with Crippen LogP contribution in [0.5, 0.6) is 5.75 Å². The number of hydrogen-bond donors (Lipinski definition) is 3. The second-order valence-corrected chi connectivity index (χ2v) is 12.4. The number of rotatable bonds is 11. The summed E-state index contributed by atoms with van der Waals surface area (Å²) in [5, 5.41) is 14.1. The molecule has 2 heterocycles. The van der Waals surface area contributed by atoms with Crippen LogP contribution in [0.1, 0.15) is 77.1 Å². The van der Waals surface area contributed by atoms with Crippen molar-refractivity contribution in [1.29, 1.82) is 0 Å². The number of benzene rings is 1. The zero-order chi connectivity index (χ0) is 29.5. The molecule has 41 heavy (non-hydrogen) atoms. The average molecular weight is 566 g/mol. The van der Waals surface area contributed by atoms with Crippen molar-refractivity contribution < 1.29 is 18.6 Å². The molecular weight excluding hydrogens is 524 g/mol. The van der Waals surface area contributed by atoms with Crippen LogP contribution in [0, 0.1) is 17.0 Å². The van der Waals surface area contributed by atoms with E-state index in [2.05, 4.69) is 14.7 Å². The number of pyridine rings is 1. The van der Waals surface area contributed by atoms with Gasteiger partial charge in [-0.3, -0.25) is 9.39 Å². The van der Waals surface area contributed by atoms with E-state index >= 15 is 4.39 Å². The molecule has 3 aromatic rings. The summed E-state index contributed by atoms with van der Waals surface area (Å²) in [6.07, 6.45) is 5.35. The standard InChI is InChI=1S/C32H41F2N5O2/c1-18(38-20-8-9-20)22(28(35)31(40)32(2,3)4)14-15-41-30-24(10-12-25(33)27(30)34)23-11-13-26-37-17-21(16-36-5)39(26)29(23)19-6-7-19/h10-13,17,19-20,31,36,40H,6-9,14-16,35H2,1-5H3/b28-22-,38-18?. The molecule has 0 aliphatic heterocycles. The van der Waals surface area contributed by atoms with Crippen LogP contribution in [0.3, 0.4) is 0 Å². The Morgan fingerprint density at radius 3 is 2.51 bits per heavy atom. The molecular formula is C32H41F2N5O2. The Kier molecular flexibility index (Phi) is 8.21. The molecule has 2 fully saturated rings. The van der Waals surface area contributed by atoms with Gasteiger partial charge < -0.3 is 20.9 Å². The second-order valence-electron chi connectivity index (χ2n) is 12.4. The monoisotopic (exact) mass is 565 g/mol. The number of aliphatic hydroxyl groups excluding tert-OH is 1. The van der Waals surface area contributed by atoms with Crippen LogP contribution in [0.4, 0.5) is 8.78 Å². The van der Waals surface area contributed by atoms with Gasteiger partial charge in [0.15, 0.2) is 11.6 Å². The molecule has 4 N–H and O–H groups in total. The van der Waals surface area contributed by atoms with Crippen LogP contribution in [0.15, 0.2) is 46.7 Å². The molecule has 0 spiro atoms. The number of halogens is 2. The van der Waals surface area contributed by atoms with Crippen molar-refractivity contribution in [3.05, 3.63) is 64.8 Å². The largest absolute Gasteiger partial charge is 0.489 e. The molecule has 2 aliphatic rings. The molecule has 1 unspecified atom stereocenters. The van der Waals surface area contributed by atoms with Crippen molar-refractivity contribution >= 4 is 11.4 Å². The van der Waals surface area contributed by atoms with Gasteiger partial charge in [-0.15, -0.1) is 0 Å². The second kappa shape index (κ2) is 11.5. The first-order valence-corrected chi connectivity index (χ1v) is 14.5. The number of fused-ring (bicyclic) bond motifs is 1. The predicted octanol–water partition coefficient (Wildman–Crippen LogP) is 5.89. The fourth-order valence-electron chi connectivity index (χ4n) is 5.32. The number of nitrogens with zero attached hydrogens (tertiary/aromatic N) is 3. The number of nitrogens with two attached hydrogens (primary N) is 1. The quantitative estimate of drug-likeness (QED) is 0.252. The number of ether oxygens (including phenoxy) is 1. The van der Waals surface area contributed by atoms with E-state index in [9.17, 15) is 9.50 Å². The smallest absolute Gasteiger partial charge is 0.201 e. The molecule has 7 nitrogen and oxygen atoms in total. The summed E-state index contributed by atoms with van der Waals surface area (Å²) >= 11 is 0. The molecule has 0 bridgehead atoms. The normalized spacial score (nSPS) is 17.6. The van der Waals surface area contributed by atoms with Gasteiger partial charge in [0.05, 0.1) is 30.6 Å². The Labute approximate surface area is 240 Å². The van der Waals surface area contributed by atoms with Crippen molar-refractivity contribution in [2.75, 3.05) is 13.7 Å². The van der Waals surface area contributed by atoms with E-state index in [1.165, 1.54) is 0 Å². The first-order valence-electron chi connectivity index (χ1n) is 14.5. The van der Waals surface area contributed by atoms with Gasteiger partial charge in [0.25, 0.3) is 0 Å². The third-order valence-electron chi connectivity index (χ3n) is 7.86. The molecule has 5 rings (SSSR count). The minimum atomic E-state index is -1.03. The first kappa shape index (κ1) is 29.2. The molecule has 2 aromatic heterocycles. The number of aliphatic hydroxyl groups is 1. The summed E-state index contributed by atoms with van der Waals surface area (Å²) < 4.78 is 38.2. The van der Waals surface area contributed by atoms with Gasteiger partial charge in [0.1, 0.15) is 5.65 Å². The zero-order valence-electron chi connectivity index (χ0n) is 24.6. The van der Waals surface area contributed by atoms with Crippen molar-refractivity contribution in [3.8, 4) is 16.9 Å². The topological polar surface area (TPSA) is 97.2 Å². The van der Waals surface area contributed by atoms with Crippen LogP contribution in [-0.4, -0.2) is 46.0 Å². The summed E-state index contributed by atoms with van der Waals surface area (Å²) in [4.78, 5) is 9.31. The van der Waals surface area contributed by atoms with Crippen molar-refractivity contribution in [1.82, 2.24) is 14.7 Å². The third-order valence-corrected chi connectivity index (χ3v) is 7.86. The van der Waals surface area contributed by atoms with Gasteiger partial charge in [0.2, 0.25) is 5.82 Å². The SMILES string of the molecule is CNCc1cnc2ccc(-c3ccc(F)c(F)c3OCC/C(C(C)=NC3CC3)=C(/N)C(O)C(C)(C)C)c(C3CC3)n12. The fraction of sp³-hybridized carbons (Fsp3) is 0.500. The van der Waals surface area contributed by atoms with Gasteiger partial charge >= 0.3 is 0 Å². The molecule has 1 atom stereocenters. The molecule has 1 aromatic carbocycles. The van der Waals surface area contributed by atoms with Crippen LogP contribution in [0.25, 0.3) is 16.8 Å². The maximum Gasteiger partial charge on any atom is 0.201 e. The highest BCUT2D eigenvalue weighted by Gasteiger charge is 2.32. The highest BCUT2D eigenvalue weighted by Crippen LogP contribution is 2.47. The number of nitrogens with one attached hydrogen (secondary N) is 1. The third kappa shape index (κ3) is 6.16. The van der Waals surface area contributed by atoms with E-state index in [0.29, 0.717) is 35.7 Å². The van der Waals surface area contributed by atoms with Gasteiger partial charge in [-0.25, -0.2) is 9.37 Å². The number of aromatic nitrogens is 2. The lowest BCUT2D eigenvalue weighted by Crippen LogP contribution is -2.34. The Bertz CT molecular complexity index is 1500. The van der Waals surface area contributed by atoms with Crippen molar-refractivity contribution in [3.63, 3.8) is 0 Å². The molecule has 2 saturated carbocycles. The molecule has 220 valence electrons. The molecule has 9 heteroatoms. The van der Waals surface area contributed by atoms with Crippen LogP contribution in [-0.2, 0) is 6.54 Å². The lowest BCUT2D eigenvalue weighted by atomic mass is 9.85. The molecule has 0 saturated heterocycles. The number of imidazole rings is 1. The molecule has 0 radical (unpaired) electrons. The lowest BCUT2D eigenvalue weighted by molar-refractivity contribution is 0.0926. The van der Waals surface area contributed by atoms with E-state index < -0.39 is 23.2 Å². The average Bonchev–Trinajstić information content (AvgIpc) is 3.87. The number of aliphatic imine (C=N–C) groups is 1. The Hall–Kier alpha value is -3.30. The summed E-state index contributed by atoms with van der Waals surface area (Å²) in [5.74, 6) is -1.83. The van der Waals surface area contributed by atoms with E-state index in [0.717, 1.165) is 60.1 Å². The summed E-state index contributed by atoms with van der Waals surface area (Å²) in [5.41, 5.74) is 11.9. The molecule has 2 aliphatic carbocycles. The van der Waals surface area contributed by atoms with Crippen LogP contribution in [0.2, 0.25) is 0 Å². The highest BCUT2D eigenvalue weighted by atomic mass is 19.2. The predicted molar refractivity (Wildman–Crippen MR) is 158 cm³/mol. The summed E-state index contributed by atoms with van der Waals surface area (Å²) in [6.45, 7) is 8.29. The van der Waals surface area contributed by atoms with Gasteiger partial charge in [-0.1, -0.05) is 20.8 Å². The number of hydrogen-bond acceptors (Lipinski definition) is 6. The fourth-order valence-corrected chi connectivity index (χ4v) is 5.32. The zero-order valence-corrected chi connectivity index (χ0v) is 24.6. The van der Waals surface area contributed by atoms with E-state index in [1.807, 2.05) is 53.1 Å². The maximum absolute atomic E-state index is 15.4. The molecule has 0 amide bonds. The summed E-state index contributed by atoms with van der Waals surface area (Å²) in [6, 6.07) is 6.83. The van der Waals surface area contributed by atoms with E-state index in [1.54, 1.807) is 6.07 Å². The van der Waals surface area contributed by atoms with Crippen molar-refractivity contribution in [2.24, 2.45) is 16.1 Å². The van der Waals surface area contributed by atoms with Gasteiger partial charge in [0, 0.05) is 47.1 Å². The summed E-state index contributed by atoms with van der Waals surface area (Å²) in [7, 11) is 1.88. The van der Waals surface area contributed by atoms with Gasteiger partial charge in [-0.05, 0) is 74.9 Å². The highest BCUT2D eigenvalue weighted by molar-refractivity contribution is 5.99.